The molecule has 2 aromatic rings. The number of benzene rings is 2. The van der Waals surface area contributed by atoms with Crippen LogP contribution in [0.5, 0.6) is 0 Å². The fraction of sp³-hybridized carbons (Fsp3) is 0.250. The lowest BCUT2D eigenvalue weighted by Crippen LogP contribution is -2.15. The SMILES string of the molecule is Cc1cc(F)ccc1CC(N)c1cccc(C(F)(F)F)c1. The lowest BCUT2D eigenvalue weighted by molar-refractivity contribution is -0.137. The molecule has 1 nitrogen and oxygen atoms in total. The van der Waals surface area contributed by atoms with Crippen molar-refractivity contribution < 1.29 is 17.6 Å². The van der Waals surface area contributed by atoms with Gasteiger partial charge in [0.15, 0.2) is 0 Å². The van der Waals surface area contributed by atoms with Crippen molar-refractivity contribution >= 4 is 0 Å². The van der Waals surface area contributed by atoms with Crippen LogP contribution in [0, 0.1) is 12.7 Å². The van der Waals surface area contributed by atoms with Crippen LogP contribution in [0.25, 0.3) is 0 Å². The number of alkyl halides is 3. The van der Waals surface area contributed by atoms with Gasteiger partial charge in [-0.2, -0.15) is 13.2 Å². The summed E-state index contributed by atoms with van der Waals surface area (Å²) < 4.78 is 51.1. The van der Waals surface area contributed by atoms with Gasteiger partial charge in [0.05, 0.1) is 5.56 Å². The normalized spacial score (nSPS) is 13.2. The minimum Gasteiger partial charge on any atom is -0.324 e. The number of aryl methyl sites for hydroxylation is 1. The van der Waals surface area contributed by atoms with Crippen molar-refractivity contribution in [1.82, 2.24) is 0 Å². The summed E-state index contributed by atoms with van der Waals surface area (Å²) in [6.45, 7) is 1.75. The Morgan fingerprint density at radius 1 is 1.10 bits per heavy atom. The first kappa shape index (κ1) is 15.5. The summed E-state index contributed by atoms with van der Waals surface area (Å²) in [4.78, 5) is 0. The topological polar surface area (TPSA) is 26.0 Å². The number of nitrogens with two attached hydrogens (primary N) is 1. The van der Waals surface area contributed by atoms with Crippen molar-refractivity contribution in [1.29, 1.82) is 0 Å². The van der Waals surface area contributed by atoms with Gasteiger partial charge in [-0.05, 0) is 54.3 Å². The summed E-state index contributed by atoms with van der Waals surface area (Å²) in [5.41, 5.74) is 7.23. The minimum atomic E-state index is -4.39. The molecule has 1 atom stereocenters. The molecule has 5 heteroatoms. The van der Waals surface area contributed by atoms with Crippen LogP contribution in [-0.2, 0) is 12.6 Å². The second kappa shape index (κ2) is 5.85. The third-order valence-electron chi connectivity index (χ3n) is 3.39. The van der Waals surface area contributed by atoms with Crippen LogP contribution in [-0.4, -0.2) is 0 Å². The first-order chi connectivity index (χ1) is 9.77. The fourth-order valence-electron chi connectivity index (χ4n) is 2.19. The van der Waals surface area contributed by atoms with Crippen LogP contribution < -0.4 is 5.73 Å². The van der Waals surface area contributed by atoms with E-state index in [1.165, 1.54) is 18.2 Å². The number of hydrogen-bond donors (Lipinski definition) is 1. The third kappa shape index (κ3) is 3.82. The Labute approximate surface area is 120 Å². The highest BCUT2D eigenvalue weighted by molar-refractivity contribution is 5.32. The molecule has 21 heavy (non-hydrogen) atoms. The maximum Gasteiger partial charge on any atom is 0.416 e. The van der Waals surface area contributed by atoms with E-state index in [9.17, 15) is 17.6 Å². The molecule has 0 spiro atoms. The highest BCUT2D eigenvalue weighted by atomic mass is 19.4. The van der Waals surface area contributed by atoms with Gasteiger partial charge in [-0.25, -0.2) is 4.39 Å². The van der Waals surface area contributed by atoms with Gasteiger partial charge in [-0.3, -0.25) is 0 Å². The molecule has 0 aliphatic rings. The molecular weight excluding hydrogens is 282 g/mol. The van der Waals surface area contributed by atoms with Gasteiger partial charge < -0.3 is 5.73 Å². The average Bonchev–Trinajstić information content (AvgIpc) is 2.41. The van der Waals surface area contributed by atoms with E-state index in [0.29, 0.717) is 12.0 Å². The van der Waals surface area contributed by atoms with Gasteiger partial charge in [-0.1, -0.05) is 18.2 Å². The van der Waals surface area contributed by atoms with Crippen molar-refractivity contribution in [3.8, 4) is 0 Å². The summed E-state index contributed by atoms with van der Waals surface area (Å²) in [6, 6.07) is 8.72. The standard InChI is InChI=1S/C16H15F4N/c1-10-7-14(17)6-5-11(10)9-15(21)12-3-2-4-13(8-12)16(18,19)20/h2-8,15H,9,21H2,1H3. The van der Waals surface area contributed by atoms with Crippen molar-refractivity contribution in [2.75, 3.05) is 0 Å². The minimum absolute atomic E-state index is 0.344. The van der Waals surface area contributed by atoms with Crippen LogP contribution in [0.3, 0.4) is 0 Å². The molecule has 0 amide bonds. The van der Waals surface area contributed by atoms with E-state index in [2.05, 4.69) is 0 Å². The average molecular weight is 297 g/mol. The van der Waals surface area contributed by atoms with Crippen LogP contribution in [0.2, 0.25) is 0 Å². The number of rotatable bonds is 3. The second-order valence-electron chi connectivity index (χ2n) is 5.00. The first-order valence-corrected chi connectivity index (χ1v) is 6.45. The molecule has 0 aromatic heterocycles. The van der Waals surface area contributed by atoms with Gasteiger partial charge in [0.25, 0.3) is 0 Å². The summed E-state index contributed by atoms with van der Waals surface area (Å²) in [7, 11) is 0. The molecule has 0 bridgehead atoms. The van der Waals surface area contributed by atoms with Crippen LogP contribution in [0.4, 0.5) is 17.6 Å². The Morgan fingerprint density at radius 2 is 1.81 bits per heavy atom. The quantitative estimate of drug-likeness (QED) is 0.835. The van der Waals surface area contributed by atoms with Crippen molar-refractivity contribution in [2.45, 2.75) is 25.6 Å². The monoisotopic (exact) mass is 297 g/mol. The maximum atomic E-state index is 13.0. The molecule has 0 fully saturated rings. The molecule has 112 valence electrons. The highest BCUT2D eigenvalue weighted by Crippen LogP contribution is 2.31. The molecular formula is C16H15F4N. The van der Waals surface area contributed by atoms with E-state index in [-0.39, 0.29) is 5.82 Å². The summed E-state index contributed by atoms with van der Waals surface area (Å²) in [5.74, 6) is -0.344. The lowest BCUT2D eigenvalue weighted by Gasteiger charge is -2.16. The molecule has 2 rings (SSSR count). The maximum absolute atomic E-state index is 13.0. The predicted molar refractivity (Wildman–Crippen MR) is 73.2 cm³/mol. The molecule has 0 radical (unpaired) electrons. The molecule has 0 saturated heterocycles. The fourth-order valence-corrected chi connectivity index (χ4v) is 2.19. The van der Waals surface area contributed by atoms with E-state index in [0.717, 1.165) is 23.3 Å². The highest BCUT2D eigenvalue weighted by Gasteiger charge is 2.30. The Morgan fingerprint density at radius 3 is 2.43 bits per heavy atom. The van der Waals surface area contributed by atoms with Gasteiger partial charge in [0, 0.05) is 6.04 Å². The molecule has 0 heterocycles. The Hall–Kier alpha value is -1.88. The first-order valence-electron chi connectivity index (χ1n) is 6.45. The number of halogens is 4. The van der Waals surface area contributed by atoms with Crippen LogP contribution in [0.15, 0.2) is 42.5 Å². The molecule has 1 unspecified atom stereocenters. The molecule has 0 aliphatic heterocycles. The van der Waals surface area contributed by atoms with E-state index >= 15 is 0 Å². The summed E-state index contributed by atoms with van der Waals surface area (Å²) in [6.07, 6.45) is -4.03. The Kier molecular flexibility index (Phi) is 4.32. The zero-order valence-corrected chi connectivity index (χ0v) is 11.4. The predicted octanol–water partition coefficient (Wildman–Crippen LogP) is 4.40. The van der Waals surface area contributed by atoms with Crippen molar-refractivity contribution in [3.63, 3.8) is 0 Å². The van der Waals surface area contributed by atoms with Gasteiger partial charge in [-0.15, -0.1) is 0 Å². The van der Waals surface area contributed by atoms with Crippen LogP contribution in [0.1, 0.15) is 28.3 Å². The Balaban J connectivity index is 2.22. The largest absolute Gasteiger partial charge is 0.416 e. The molecule has 0 saturated carbocycles. The van der Waals surface area contributed by atoms with Crippen molar-refractivity contribution in [3.05, 3.63) is 70.5 Å². The lowest BCUT2D eigenvalue weighted by atomic mass is 9.95. The van der Waals surface area contributed by atoms with E-state index in [1.807, 2.05) is 0 Å². The van der Waals surface area contributed by atoms with E-state index < -0.39 is 17.8 Å². The smallest absolute Gasteiger partial charge is 0.324 e. The van der Waals surface area contributed by atoms with E-state index in [1.54, 1.807) is 19.1 Å². The number of hydrogen-bond acceptors (Lipinski definition) is 1. The third-order valence-corrected chi connectivity index (χ3v) is 3.39. The second-order valence-corrected chi connectivity index (χ2v) is 5.00. The Bertz CT molecular complexity index is 634. The van der Waals surface area contributed by atoms with Crippen molar-refractivity contribution in [2.24, 2.45) is 5.73 Å². The van der Waals surface area contributed by atoms with Gasteiger partial charge >= 0.3 is 6.18 Å². The summed E-state index contributed by atoms with van der Waals surface area (Å²) in [5, 5.41) is 0. The van der Waals surface area contributed by atoms with E-state index in [4.69, 9.17) is 5.73 Å². The molecule has 0 aliphatic carbocycles. The zero-order valence-electron chi connectivity index (χ0n) is 11.4. The molecule has 2 N–H and O–H groups in total. The zero-order chi connectivity index (χ0) is 15.6. The van der Waals surface area contributed by atoms with Gasteiger partial charge in [0.1, 0.15) is 5.82 Å². The van der Waals surface area contributed by atoms with Gasteiger partial charge in [0.2, 0.25) is 0 Å². The summed E-state index contributed by atoms with van der Waals surface area (Å²) >= 11 is 0. The molecule has 2 aromatic carbocycles. The van der Waals surface area contributed by atoms with Crippen LogP contribution >= 0.6 is 0 Å².